The normalized spacial score (nSPS) is 22.7. The first-order chi connectivity index (χ1) is 66.7. The largest absolute Gasteiger partial charge is 0.394 e. The molecule has 0 bridgehead atoms. The van der Waals surface area contributed by atoms with E-state index in [0.29, 0.717) is 174 Å². The fourth-order valence-electron chi connectivity index (χ4n) is 20.1. The van der Waals surface area contributed by atoms with Crippen LogP contribution < -0.4 is 64.7 Å². The Labute approximate surface area is 822 Å². The van der Waals surface area contributed by atoms with E-state index in [1.165, 1.54) is 16.7 Å². The van der Waals surface area contributed by atoms with Crippen LogP contribution in [0.25, 0.3) is 0 Å². The molecule has 8 rings (SSSR count). The van der Waals surface area contributed by atoms with Gasteiger partial charge in [-0.3, -0.25) is 58.3 Å². The number of hydrazone groups is 1. The number of benzene rings is 2. The second-order valence-electron chi connectivity index (χ2n) is 39.9. The van der Waals surface area contributed by atoms with E-state index >= 15 is 4.79 Å². The lowest BCUT2D eigenvalue weighted by Crippen LogP contribution is -2.60. The number of nitrogens with two attached hydrogens (primary N) is 2. The van der Waals surface area contributed by atoms with Crippen LogP contribution in [0.2, 0.25) is 0 Å². The van der Waals surface area contributed by atoms with E-state index in [-0.39, 0.29) is 132 Å². The molecule has 0 aliphatic heterocycles. The number of anilines is 1. The number of amides is 12. The molecule has 15 N–H and O–H groups in total. The summed E-state index contributed by atoms with van der Waals surface area (Å²) in [6.07, 6.45) is 16.2. The summed E-state index contributed by atoms with van der Waals surface area (Å²) >= 11 is 0. The Morgan fingerprint density at radius 2 is 1.02 bits per heavy atom. The molecule has 3 fully saturated rings. The number of ether oxygens (including phenoxy) is 10. The monoisotopic (exact) mass is 1950 g/mol. The summed E-state index contributed by atoms with van der Waals surface area (Å²) in [7, 11) is 6.21. The Morgan fingerprint density at radius 1 is 0.504 bits per heavy atom. The minimum absolute atomic E-state index is 0.00947. The number of fused-ring (bicyclic) bond motifs is 6. The number of aliphatic hydroxyl groups is 1. The number of quaternary nitrogens is 1. The molecule has 0 radical (unpaired) electrons. The summed E-state index contributed by atoms with van der Waals surface area (Å²) in [5, 5.41) is 42.9. The average Bonchev–Trinajstić information content (AvgIpc) is 0.717. The number of likely N-dealkylation sites (N-methyl/N-ethyl adjacent to an activating group) is 1. The lowest BCUT2D eigenvalue weighted by atomic mass is 9.49. The highest BCUT2D eigenvalue weighted by Gasteiger charge is 2.59. The Bertz CT molecular complexity index is 4390. The van der Waals surface area contributed by atoms with Crippen molar-refractivity contribution in [2.75, 3.05) is 191 Å². The first kappa shape index (κ1) is 115. The highest BCUT2D eigenvalue weighted by molar-refractivity contribution is 6.44. The van der Waals surface area contributed by atoms with Crippen molar-refractivity contribution in [1.29, 1.82) is 0 Å². The van der Waals surface area contributed by atoms with E-state index in [4.69, 9.17) is 63.9 Å². The lowest BCUT2D eigenvalue weighted by molar-refractivity contribution is -0.869. The zero-order valence-electron chi connectivity index (χ0n) is 84.4. The second-order valence-corrected chi connectivity index (χ2v) is 39.9. The van der Waals surface area contributed by atoms with Gasteiger partial charge in [0.15, 0.2) is 0 Å². The van der Waals surface area contributed by atoms with Gasteiger partial charge in [-0.15, -0.1) is 5.92 Å². The van der Waals surface area contributed by atoms with E-state index in [0.717, 1.165) is 106 Å². The van der Waals surface area contributed by atoms with E-state index in [2.05, 4.69) is 137 Å². The number of primary amides is 1. The van der Waals surface area contributed by atoms with Crippen molar-refractivity contribution >= 4 is 82.2 Å². The number of aliphatic imine (C=N–C) groups is 1. The van der Waals surface area contributed by atoms with Crippen LogP contribution in [0.4, 0.5) is 10.5 Å². The number of carbonyl (C=O) groups is 11. The summed E-state index contributed by atoms with van der Waals surface area (Å²) in [6.45, 7) is 19.6. The zero-order chi connectivity index (χ0) is 101. The Kier molecular flexibility index (Phi) is 49.9. The predicted molar refractivity (Wildman–Crippen MR) is 527 cm³/mol. The molecule has 6 aliphatic rings. The molecule has 0 saturated heterocycles. The molecular formula is C102H164N15O22+. The van der Waals surface area contributed by atoms with Crippen LogP contribution in [0.5, 0.6) is 0 Å². The van der Waals surface area contributed by atoms with Gasteiger partial charge in [0.1, 0.15) is 55.3 Å². The summed E-state index contributed by atoms with van der Waals surface area (Å²) in [5.74, 6) is 6.58. The number of imide groups is 1. The van der Waals surface area contributed by atoms with E-state index in [9.17, 15) is 53.1 Å². The van der Waals surface area contributed by atoms with Gasteiger partial charge in [-0.05, 0) is 192 Å². The Balaban J connectivity index is 0.820. The summed E-state index contributed by atoms with van der Waals surface area (Å²) in [5.41, 5.74) is 10.4. The third-order valence-electron chi connectivity index (χ3n) is 27.8. The van der Waals surface area contributed by atoms with Crippen molar-refractivity contribution in [3.63, 3.8) is 0 Å². The Morgan fingerprint density at radius 3 is 1.62 bits per heavy atom. The third-order valence-corrected chi connectivity index (χ3v) is 27.8. The van der Waals surface area contributed by atoms with Gasteiger partial charge in [-0.1, -0.05) is 109 Å². The SMILES string of the molecule is Cc1ccc2c(c1)[C@@]1(C)CCC[C@](C)(C(=O)NC(=O)[C@@]3(C)CCC[C@]4(C)c5cc(NC(=O)[C@H](CO)NC(=O)[C@H](CCCNC(N)=O)NC(=O)[C@@H](NC(=O)[C@@H](CCCCNC(=O)COC6CCCCCC(=NCCOCCOCCOCCOCCC(=O)NCC[N+](C)(C)C)C6=NN)NC(=O)CCOCCOCCOCCOCCNC(=O)COC6C#CCCCCC6)C(C)C)ccc5CC[C@@H]34)[C@@H]1CC2. The molecule has 12 amide bonds. The van der Waals surface area contributed by atoms with Gasteiger partial charge in [0.05, 0.1) is 170 Å². The first-order valence-electron chi connectivity index (χ1n) is 50.7. The summed E-state index contributed by atoms with van der Waals surface area (Å²) < 4.78 is 57.8. The number of nitrogens with zero attached hydrogens (tertiary/aromatic N) is 3. The number of hydrogen-bond donors (Lipinski definition) is 13. The quantitative estimate of drug-likeness (QED) is 0.00911. The van der Waals surface area contributed by atoms with Gasteiger partial charge in [0, 0.05) is 44.6 Å². The maximum Gasteiger partial charge on any atom is 0.312 e. The number of aryl methyl sites for hydroxylation is 3. The minimum Gasteiger partial charge on any atom is -0.394 e. The van der Waals surface area contributed by atoms with Gasteiger partial charge in [-0.25, -0.2) is 4.79 Å². The van der Waals surface area contributed by atoms with Crippen LogP contribution in [0.3, 0.4) is 0 Å². The molecule has 6 aliphatic carbocycles. The average molecular weight is 1950 g/mol. The topological polar surface area (TPSA) is 497 Å². The van der Waals surface area contributed by atoms with Crippen LogP contribution >= 0.6 is 0 Å². The van der Waals surface area contributed by atoms with Crippen molar-refractivity contribution in [2.45, 2.75) is 269 Å². The first-order valence-corrected chi connectivity index (χ1v) is 50.7. The number of unbranched alkanes of at least 4 members (excludes halogenated alkanes) is 1. The van der Waals surface area contributed by atoms with Gasteiger partial charge < -0.3 is 116 Å². The van der Waals surface area contributed by atoms with Gasteiger partial charge in [0.25, 0.3) is 0 Å². The highest BCUT2D eigenvalue weighted by atomic mass is 16.6. The number of aliphatic hydroxyl groups excluding tert-OH is 1. The minimum atomic E-state index is -1.55. The molecule has 0 spiro atoms. The molecule has 0 heterocycles. The maximum atomic E-state index is 15.1. The van der Waals surface area contributed by atoms with Crippen LogP contribution in [0.1, 0.15) is 230 Å². The van der Waals surface area contributed by atoms with Crippen LogP contribution in [-0.4, -0.2) is 308 Å². The second kappa shape index (κ2) is 60.3. The number of rotatable bonds is 61. The highest BCUT2D eigenvalue weighted by Crippen LogP contribution is 2.60. The van der Waals surface area contributed by atoms with Crippen molar-refractivity contribution in [1.82, 2.24) is 47.9 Å². The number of carbonyl (C=O) groups excluding carboxylic acids is 11. The van der Waals surface area contributed by atoms with Crippen molar-refractivity contribution in [2.24, 2.45) is 50.3 Å². The smallest absolute Gasteiger partial charge is 0.312 e. The van der Waals surface area contributed by atoms with Crippen molar-refractivity contribution in [3.05, 3.63) is 64.2 Å². The fraction of sp³-hybridized carbons (Fsp3) is 0.735. The molecule has 37 heteroatoms. The number of hydrogen-bond acceptors (Lipinski definition) is 25. The lowest BCUT2D eigenvalue weighted by Gasteiger charge is -2.56. The van der Waals surface area contributed by atoms with Gasteiger partial charge in [-0.2, -0.15) is 5.10 Å². The fourth-order valence-corrected chi connectivity index (χ4v) is 20.1. The van der Waals surface area contributed by atoms with Gasteiger partial charge in [0.2, 0.25) is 59.1 Å². The molecular weight excluding hydrogens is 1790 g/mol. The number of urea groups is 1. The molecule has 12 atom stereocenters. The van der Waals surface area contributed by atoms with Crippen LogP contribution in [-0.2, 0) is 119 Å². The van der Waals surface area contributed by atoms with E-state index in [1.54, 1.807) is 19.9 Å². The molecule has 2 aromatic carbocycles. The summed E-state index contributed by atoms with van der Waals surface area (Å²) in [6, 6.07) is 5.95. The molecule has 0 aromatic heterocycles. The molecule has 3 saturated carbocycles. The molecule has 2 unspecified atom stereocenters. The van der Waals surface area contributed by atoms with Crippen molar-refractivity contribution < 1.29 is 110 Å². The van der Waals surface area contributed by atoms with Crippen LogP contribution in [0, 0.1) is 47.3 Å². The van der Waals surface area contributed by atoms with E-state index in [1.807, 2.05) is 19.1 Å². The van der Waals surface area contributed by atoms with Crippen LogP contribution in [0.15, 0.2) is 46.5 Å². The Hall–Kier alpha value is -9.17. The maximum absolute atomic E-state index is 15.1. The third kappa shape index (κ3) is 38.2. The number of nitrogens with one attached hydrogen (secondary N) is 10. The van der Waals surface area contributed by atoms with Gasteiger partial charge >= 0.3 is 6.03 Å². The summed E-state index contributed by atoms with van der Waals surface area (Å²) in [4.78, 5) is 157. The molecule has 2 aromatic rings. The molecule has 37 nitrogen and oxygen atoms in total. The van der Waals surface area contributed by atoms with E-state index < -0.39 is 101 Å². The van der Waals surface area contributed by atoms with Crippen molar-refractivity contribution in [3.8, 4) is 11.8 Å². The predicted octanol–water partition coefficient (Wildman–Crippen LogP) is 5.93. The standard InChI is InChI=1S/C102H163N15O22/c1-71(2)90(95(126)112-81(28-21-45-109-98(103)129)92(123)113-82(68-118)94(125)110-75-35-32-74-34-37-85-100(5,78(74)67-75)41-23-43-102(85,7)97(128)115-96(127)101(6)42-22-40-99(4)77-66-72(3)30-31-73(77)33-36-84(99)101)114-93(124)80(111-87(120)39-51-131-55-59-135-63-65-137-61-57-133-53-48-108-88(121)69-138-76-24-15-12-11-13-16-25-76)27-19-20-44-106-89(122)70-139-83-29-18-14-17-26-79(91(83)116-104)105-47-52-132-56-60-136-64-62-134-58-54-130-50-38-86(119)107-46-49-117(8,9)10/h30-32,35,66-67,71,76,80-85,90,118H,11-15,17-24,26-29,33-34,36-65,68-70H2,1-10H3,(H13-,103,104,105,106,107,108,109,110,111,112,113,114,115,119,120,121,122,123,124,125,126,127,128,129)/p+1/t76?,80-,81+,82+,83?,84-,85-,90+,99-,100-,101+,102+/m1/s1. The molecule has 778 valence electrons. The zero-order valence-corrected chi connectivity index (χ0v) is 84.4. The molecule has 139 heavy (non-hydrogen) atoms.